The molecule has 0 aromatic heterocycles. The number of sulfonamides is 1. The van der Waals surface area contributed by atoms with Crippen LogP contribution in [0, 0.1) is 11.3 Å². The van der Waals surface area contributed by atoms with Crippen molar-refractivity contribution in [1.82, 2.24) is 4.90 Å². The summed E-state index contributed by atoms with van der Waals surface area (Å²) in [6.45, 7) is 0.735. The third kappa shape index (κ3) is 4.48. The van der Waals surface area contributed by atoms with Gasteiger partial charge in [0.05, 0.1) is 15.5 Å². The van der Waals surface area contributed by atoms with Gasteiger partial charge in [0.2, 0.25) is 0 Å². The average Bonchev–Trinajstić information content (AvgIpc) is 2.49. The van der Waals surface area contributed by atoms with Crippen LogP contribution >= 0.6 is 27.5 Å². The van der Waals surface area contributed by atoms with Crippen LogP contribution in [0.2, 0.25) is 5.02 Å². The van der Waals surface area contributed by atoms with E-state index in [-0.39, 0.29) is 15.5 Å². The van der Waals surface area contributed by atoms with Crippen LogP contribution in [-0.2, 0) is 16.6 Å². The summed E-state index contributed by atoms with van der Waals surface area (Å²) in [7, 11) is 0.124. The molecule has 0 aliphatic rings. The summed E-state index contributed by atoms with van der Waals surface area (Å²) in [5.41, 5.74) is 1.71. The standard InChI is InChI=1S/C16H15BrClN3O2S/c1-21(2)10-12-3-5-13(7-15(12)17)20-24(22,23)14-6-4-11(9-19)16(18)8-14/h3-8,20H,10H2,1-2H3. The zero-order valence-electron chi connectivity index (χ0n) is 13.0. The van der Waals surface area contributed by atoms with Gasteiger partial charge in [-0.05, 0) is 50.0 Å². The molecule has 0 saturated heterocycles. The zero-order chi connectivity index (χ0) is 17.9. The van der Waals surface area contributed by atoms with Crippen molar-refractivity contribution in [3.8, 4) is 6.07 Å². The lowest BCUT2D eigenvalue weighted by molar-refractivity contribution is 0.401. The lowest BCUT2D eigenvalue weighted by Crippen LogP contribution is -2.14. The monoisotopic (exact) mass is 427 g/mol. The molecule has 0 spiro atoms. The molecule has 126 valence electrons. The van der Waals surface area contributed by atoms with Crippen LogP contribution in [0.4, 0.5) is 5.69 Å². The Balaban J connectivity index is 2.28. The van der Waals surface area contributed by atoms with Gasteiger partial charge in [-0.25, -0.2) is 8.42 Å². The lowest BCUT2D eigenvalue weighted by Gasteiger charge is -2.13. The Kier molecular flexibility index (Phi) is 5.88. The second-order valence-electron chi connectivity index (χ2n) is 5.40. The Morgan fingerprint density at radius 2 is 1.96 bits per heavy atom. The van der Waals surface area contributed by atoms with Crippen molar-refractivity contribution in [3.63, 3.8) is 0 Å². The first-order chi connectivity index (χ1) is 11.2. The van der Waals surface area contributed by atoms with Crippen LogP contribution in [0.5, 0.6) is 0 Å². The highest BCUT2D eigenvalue weighted by Gasteiger charge is 2.16. The fourth-order valence-electron chi connectivity index (χ4n) is 2.05. The summed E-state index contributed by atoms with van der Waals surface area (Å²) in [6, 6.07) is 11.2. The summed E-state index contributed by atoms with van der Waals surface area (Å²) in [4.78, 5) is 2.02. The van der Waals surface area contributed by atoms with E-state index in [4.69, 9.17) is 16.9 Å². The topological polar surface area (TPSA) is 73.2 Å². The maximum absolute atomic E-state index is 12.5. The van der Waals surface area contributed by atoms with Gasteiger partial charge in [-0.2, -0.15) is 5.26 Å². The molecule has 0 aliphatic carbocycles. The van der Waals surface area contributed by atoms with Gasteiger partial charge in [-0.15, -0.1) is 0 Å². The first-order valence-electron chi connectivity index (χ1n) is 6.88. The van der Waals surface area contributed by atoms with E-state index in [1.165, 1.54) is 18.2 Å². The summed E-state index contributed by atoms with van der Waals surface area (Å²) in [5, 5.41) is 8.96. The fraction of sp³-hybridized carbons (Fsp3) is 0.188. The molecule has 0 fully saturated rings. The SMILES string of the molecule is CN(C)Cc1ccc(NS(=O)(=O)c2ccc(C#N)c(Cl)c2)cc1Br. The summed E-state index contributed by atoms with van der Waals surface area (Å²) < 4.78 is 28.2. The Bertz CT molecular complexity index is 908. The van der Waals surface area contributed by atoms with Crippen LogP contribution in [0.25, 0.3) is 0 Å². The maximum atomic E-state index is 12.5. The van der Waals surface area contributed by atoms with E-state index in [1.807, 2.05) is 31.1 Å². The second kappa shape index (κ2) is 7.53. The van der Waals surface area contributed by atoms with Crippen LogP contribution < -0.4 is 4.72 Å². The van der Waals surface area contributed by atoms with Crippen molar-refractivity contribution in [2.45, 2.75) is 11.4 Å². The average molecular weight is 429 g/mol. The summed E-state index contributed by atoms with van der Waals surface area (Å²) in [5.74, 6) is 0. The molecule has 0 radical (unpaired) electrons. The van der Waals surface area contributed by atoms with Crippen molar-refractivity contribution >= 4 is 43.2 Å². The summed E-state index contributed by atoms with van der Waals surface area (Å²) >= 11 is 9.36. The van der Waals surface area contributed by atoms with Crippen molar-refractivity contribution in [3.05, 3.63) is 57.0 Å². The first-order valence-corrected chi connectivity index (χ1v) is 9.54. The molecule has 0 amide bonds. The minimum Gasteiger partial charge on any atom is -0.305 e. The Labute approximate surface area is 155 Å². The molecule has 2 aromatic carbocycles. The van der Waals surface area contributed by atoms with Crippen molar-refractivity contribution < 1.29 is 8.42 Å². The molecule has 0 aliphatic heterocycles. The highest BCUT2D eigenvalue weighted by Crippen LogP contribution is 2.26. The summed E-state index contributed by atoms with van der Waals surface area (Å²) in [6.07, 6.45) is 0. The number of hydrogen-bond donors (Lipinski definition) is 1. The molecule has 0 bridgehead atoms. The third-order valence-corrected chi connectivity index (χ3v) is 5.59. The minimum atomic E-state index is -3.79. The third-order valence-electron chi connectivity index (χ3n) is 3.16. The predicted molar refractivity (Wildman–Crippen MR) is 98.5 cm³/mol. The van der Waals surface area contributed by atoms with Crippen LogP contribution in [0.3, 0.4) is 0 Å². The van der Waals surface area contributed by atoms with E-state index in [1.54, 1.807) is 12.1 Å². The van der Waals surface area contributed by atoms with Gasteiger partial charge in [0, 0.05) is 16.7 Å². The van der Waals surface area contributed by atoms with E-state index in [2.05, 4.69) is 20.7 Å². The quantitative estimate of drug-likeness (QED) is 0.785. The normalized spacial score (nSPS) is 11.3. The van der Waals surface area contributed by atoms with Gasteiger partial charge in [0.25, 0.3) is 10.0 Å². The number of benzene rings is 2. The molecular weight excluding hydrogens is 414 g/mol. The molecule has 24 heavy (non-hydrogen) atoms. The molecule has 0 heterocycles. The molecule has 0 atom stereocenters. The molecule has 0 unspecified atom stereocenters. The van der Waals surface area contributed by atoms with Gasteiger partial charge < -0.3 is 4.90 Å². The van der Waals surface area contributed by atoms with Gasteiger partial charge in [-0.1, -0.05) is 33.6 Å². The van der Waals surface area contributed by atoms with Crippen LogP contribution in [-0.4, -0.2) is 27.4 Å². The second-order valence-corrected chi connectivity index (χ2v) is 8.35. The van der Waals surface area contributed by atoms with E-state index in [0.717, 1.165) is 16.6 Å². The van der Waals surface area contributed by atoms with Crippen molar-refractivity contribution in [2.24, 2.45) is 0 Å². The minimum absolute atomic E-state index is 0.00000879. The van der Waals surface area contributed by atoms with Crippen molar-refractivity contribution in [1.29, 1.82) is 5.26 Å². The number of halogens is 2. The van der Waals surface area contributed by atoms with E-state index in [0.29, 0.717) is 5.69 Å². The van der Waals surface area contributed by atoms with Gasteiger partial charge in [0.15, 0.2) is 0 Å². The van der Waals surface area contributed by atoms with Gasteiger partial charge >= 0.3 is 0 Å². The van der Waals surface area contributed by atoms with E-state index >= 15 is 0 Å². The predicted octanol–water partition coefficient (Wildman–Crippen LogP) is 3.84. The number of hydrogen-bond acceptors (Lipinski definition) is 4. The highest BCUT2D eigenvalue weighted by molar-refractivity contribution is 9.10. The molecule has 1 N–H and O–H groups in total. The number of nitrogens with zero attached hydrogens (tertiary/aromatic N) is 2. The van der Waals surface area contributed by atoms with E-state index in [9.17, 15) is 8.42 Å². The van der Waals surface area contributed by atoms with Crippen LogP contribution in [0.1, 0.15) is 11.1 Å². The Hall–Kier alpha value is -1.59. The largest absolute Gasteiger partial charge is 0.305 e. The fourth-order valence-corrected chi connectivity index (χ4v) is 3.91. The number of nitrogens with one attached hydrogen (secondary N) is 1. The lowest BCUT2D eigenvalue weighted by atomic mass is 10.2. The molecule has 8 heteroatoms. The molecular formula is C16H15BrClN3O2S. The van der Waals surface area contributed by atoms with Crippen molar-refractivity contribution in [2.75, 3.05) is 18.8 Å². The van der Waals surface area contributed by atoms with Gasteiger partial charge in [-0.3, -0.25) is 4.72 Å². The smallest absolute Gasteiger partial charge is 0.261 e. The van der Waals surface area contributed by atoms with Crippen LogP contribution in [0.15, 0.2) is 45.8 Å². The van der Waals surface area contributed by atoms with E-state index < -0.39 is 10.0 Å². The molecule has 0 saturated carbocycles. The number of rotatable bonds is 5. The first kappa shape index (κ1) is 18.7. The molecule has 2 rings (SSSR count). The molecule has 2 aromatic rings. The highest BCUT2D eigenvalue weighted by atomic mass is 79.9. The number of nitriles is 1. The Morgan fingerprint density at radius 1 is 1.25 bits per heavy atom. The maximum Gasteiger partial charge on any atom is 0.261 e. The Morgan fingerprint density at radius 3 is 2.50 bits per heavy atom. The number of anilines is 1. The van der Waals surface area contributed by atoms with Gasteiger partial charge in [0.1, 0.15) is 6.07 Å². The zero-order valence-corrected chi connectivity index (χ0v) is 16.2. The molecule has 5 nitrogen and oxygen atoms in total.